The number of carbonyl (C=O) groups is 1. The molecule has 1 amide bonds. The van der Waals surface area contributed by atoms with Crippen LogP contribution in [0.25, 0.3) is 17.1 Å². The molecule has 0 spiro atoms. The minimum absolute atomic E-state index is 0.0627. The number of benzene rings is 2. The summed E-state index contributed by atoms with van der Waals surface area (Å²) < 4.78 is 7.51. The highest BCUT2D eigenvalue weighted by Gasteiger charge is 2.17. The van der Waals surface area contributed by atoms with Crippen LogP contribution in [0, 0.1) is 6.92 Å². The average molecular weight is 460 g/mol. The summed E-state index contributed by atoms with van der Waals surface area (Å²) in [6.45, 7) is 5.09. The number of ether oxygens (including phenoxy) is 1. The first-order chi connectivity index (χ1) is 16.1. The van der Waals surface area contributed by atoms with Gasteiger partial charge in [0.15, 0.2) is 11.0 Å². The lowest BCUT2D eigenvalue weighted by atomic mass is 10.1. The number of hydrogen-bond acceptors (Lipinski definition) is 6. The van der Waals surface area contributed by atoms with E-state index >= 15 is 0 Å². The van der Waals surface area contributed by atoms with Crippen LogP contribution in [0.1, 0.15) is 18.1 Å². The van der Waals surface area contributed by atoms with E-state index in [1.54, 1.807) is 12.4 Å². The molecule has 8 heteroatoms. The van der Waals surface area contributed by atoms with Gasteiger partial charge in [0.2, 0.25) is 5.91 Å². The van der Waals surface area contributed by atoms with Crippen molar-refractivity contribution < 1.29 is 9.53 Å². The molecule has 4 rings (SSSR count). The number of nitrogens with zero attached hydrogens (tertiary/aromatic N) is 4. The number of nitrogens with one attached hydrogen (secondary N) is 1. The molecule has 7 nitrogen and oxygen atoms in total. The smallest absolute Gasteiger partial charge is 0.230 e. The highest BCUT2D eigenvalue weighted by molar-refractivity contribution is 7.99. The van der Waals surface area contributed by atoms with Crippen LogP contribution in [0.5, 0.6) is 5.75 Å². The predicted octanol–water partition coefficient (Wildman–Crippen LogP) is 4.44. The molecule has 2 aromatic carbocycles. The Bertz CT molecular complexity index is 1190. The number of aromatic nitrogens is 4. The second-order valence-corrected chi connectivity index (χ2v) is 8.30. The molecular weight excluding hydrogens is 434 g/mol. The Hall–Kier alpha value is -3.65. The molecular formula is C25H25N5O2S. The summed E-state index contributed by atoms with van der Waals surface area (Å²) >= 11 is 1.35. The number of aryl methyl sites for hydroxylation is 1. The minimum Gasteiger partial charge on any atom is -0.494 e. The van der Waals surface area contributed by atoms with E-state index in [1.807, 2.05) is 79.1 Å². The van der Waals surface area contributed by atoms with Crippen LogP contribution in [0.15, 0.2) is 78.2 Å². The van der Waals surface area contributed by atoms with Gasteiger partial charge in [0, 0.05) is 30.2 Å². The summed E-state index contributed by atoms with van der Waals surface area (Å²) in [4.78, 5) is 16.6. The lowest BCUT2D eigenvalue weighted by Crippen LogP contribution is -2.24. The molecule has 2 aromatic heterocycles. The fourth-order valence-corrected chi connectivity index (χ4v) is 4.01. The third kappa shape index (κ3) is 5.78. The topological polar surface area (TPSA) is 81.9 Å². The SMILES string of the molecule is CCOc1ccc(-n2c(SCC(=O)NCc3ccc(C)cc3)nnc2-c2ccncc2)cc1. The van der Waals surface area contributed by atoms with Gasteiger partial charge in [0.25, 0.3) is 0 Å². The van der Waals surface area contributed by atoms with Crippen molar-refractivity contribution in [2.75, 3.05) is 12.4 Å². The molecule has 33 heavy (non-hydrogen) atoms. The van der Waals surface area contributed by atoms with Crippen molar-refractivity contribution in [3.8, 4) is 22.8 Å². The van der Waals surface area contributed by atoms with Crippen LogP contribution in [0.2, 0.25) is 0 Å². The first-order valence-electron chi connectivity index (χ1n) is 10.7. The number of amides is 1. The maximum absolute atomic E-state index is 12.5. The maximum atomic E-state index is 12.5. The third-order valence-corrected chi connectivity index (χ3v) is 5.85. The van der Waals surface area contributed by atoms with E-state index in [2.05, 4.69) is 20.5 Å². The molecule has 0 unspecified atom stereocenters. The largest absolute Gasteiger partial charge is 0.494 e. The number of thioether (sulfide) groups is 1. The van der Waals surface area contributed by atoms with Crippen molar-refractivity contribution in [3.63, 3.8) is 0 Å². The summed E-state index contributed by atoms with van der Waals surface area (Å²) in [5, 5.41) is 12.4. The Morgan fingerprint density at radius 1 is 1.00 bits per heavy atom. The monoisotopic (exact) mass is 459 g/mol. The van der Waals surface area contributed by atoms with E-state index in [4.69, 9.17) is 4.74 Å². The highest BCUT2D eigenvalue weighted by atomic mass is 32.2. The molecule has 0 aliphatic rings. The Balaban J connectivity index is 1.51. The van der Waals surface area contributed by atoms with Crippen LogP contribution >= 0.6 is 11.8 Å². The molecule has 0 fully saturated rings. The number of carbonyl (C=O) groups excluding carboxylic acids is 1. The quantitative estimate of drug-likeness (QED) is 0.373. The fourth-order valence-electron chi connectivity index (χ4n) is 3.23. The zero-order valence-corrected chi connectivity index (χ0v) is 19.4. The minimum atomic E-state index is -0.0627. The Morgan fingerprint density at radius 3 is 2.42 bits per heavy atom. The normalized spacial score (nSPS) is 10.7. The summed E-state index contributed by atoms with van der Waals surface area (Å²) in [7, 11) is 0. The average Bonchev–Trinajstić information content (AvgIpc) is 3.27. The van der Waals surface area contributed by atoms with Crippen LogP contribution in [0.4, 0.5) is 0 Å². The molecule has 2 heterocycles. The molecule has 1 N–H and O–H groups in total. The molecule has 0 atom stereocenters. The predicted molar refractivity (Wildman–Crippen MR) is 130 cm³/mol. The van der Waals surface area contributed by atoms with Crippen molar-refractivity contribution in [2.45, 2.75) is 25.5 Å². The fraction of sp³-hybridized carbons (Fsp3) is 0.200. The second-order valence-electron chi connectivity index (χ2n) is 7.36. The Morgan fingerprint density at radius 2 is 1.73 bits per heavy atom. The number of pyridine rings is 1. The van der Waals surface area contributed by atoms with Crippen LogP contribution in [-0.2, 0) is 11.3 Å². The molecule has 0 aliphatic heterocycles. The summed E-state index contributed by atoms with van der Waals surface area (Å²) in [5.41, 5.74) is 4.04. The maximum Gasteiger partial charge on any atom is 0.230 e. The molecule has 0 saturated carbocycles. The standard InChI is InChI=1S/C25H25N5O2S/c1-3-32-22-10-8-21(9-11-22)30-24(20-12-14-26-15-13-20)28-29-25(30)33-17-23(31)27-16-19-6-4-18(2)5-7-19/h4-15H,3,16-17H2,1-2H3,(H,27,31). The van der Waals surface area contributed by atoms with Gasteiger partial charge < -0.3 is 10.1 Å². The summed E-state index contributed by atoms with van der Waals surface area (Å²) in [6, 6.07) is 19.6. The van der Waals surface area contributed by atoms with Crippen LogP contribution in [0.3, 0.4) is 0 Å². The van der Waals surface area contributed by atoms with Crippen LogP contribution < -0.4 is 10.1 Å². The first-order valence-corrected chi connectivity index (χ1v) is 11.7. The van der Waals surface area contributed by atoms with Crippen LogP contribution in [-0.4, -0.2) is 38.0 Å². The summed E-state index contributed by atoms with van der Waals surface area (Å²) in [6.07, 6.45) is 3.44. The lowest BCUT2D eigenvalue weighted by molar-refractivity contribution is -0.118. The van der Waals surface area contributed by atoms with E-state index in [-0.39, 0.29) is 11.7 Å². The van der Waals surface area contributed by atoms with Crippen molar-refractivity contribution in [1.29, 1.82) is 0 Å². The third-order valence-electron chi connectivity index (χ3n) is 4.92. The molecule has 0 aliphatic carbocycles. The number of rotatable bonds is 9. The van der Waals surface area contributed by atoms with Crippen molar-refractivity contribution in [3.05, 3.63) is 84.2 Å². The van der Waals surface area contributed by atoms with E-state index in [9.17, 15) is 4.79 Å². The van der Waals surface area contributed by atoms with Gasteiger partial charge >= 0.3 is 0 Å². The van der Waals surface area contributed by atoms with Gasteiger partial charge in [0.05, 0.1) is 12.4 Å². The van der Waals surface area contributed by atoms with Gasteiger partial charge in [-0.05, 0) is 55.8 Å². The van der Waals surface area contributed by atoms with E-state index in [0.717, 1.165) is 22.6 Å². The molecule has 0 saturated heterocycles. The summed E-state index contributed by atoms with van der Waals surface area (Å²) in [5.74, 6) is 1.65. The highest BCUT2D eigenvalue weighted by Crippen LogP contribution is 2.28. The second kappa shape index (κ2) is 10.8. The first kappa shape index (κ1) is 22.5. The zero-order valence-electron chi connectivity index (χ0n) is 18.6. The lowest BCUT2D eigenvalue weighted by Gasteiger charge is -2.11. The molecule has 168 valence electrons. The van der Waals surface area contributed by atoms with E-state index in [1.165, 1.54) is 17.3 Å². The van der Waals surface area contributed by atoms with Crippen molar-refractivity contribution in [1.82, 2.24) is 25.1 Å². The molecule has 4 aromatic rings. The van der Waals surface area contributed by atoms with Gasteiger partial charge in [-0.25, -0.2) is 0 Å². The van der Waals surface area contributed by atoms with Gasteiger partial charge in [-0.15, -0.1) is 10.2 Å². The van der Waals surface area contributed by atoms with Gasteiger partial charge in [-0.1, -0.05) is 41.6 Å². The Kier molecular flexibility index (Phi) is 7.36. The molecule has 0 bridgehead atoms. The van der Waals surface area contributed by atoms with Crippen molar-refractivity contribution >= 4 is 17.7 Å². The van der Waals surface area contributed by atoms with Gasteiger partial charge in [-0.2, -0.15) is 0 Å². The van der Waals surface area contributed by atoms with E-state index < -0.39 is 0 Å². The number of hydrogen-bond donors (Lipinski definition) is 1. The zero-order chi connectivity index (χ0) is 23.0. The van der Waals surface area contributed by atoms with Gasteiger partial charge in [0.1, 0.15) is 5.75 Å². The van der Waals surface area contributed by atoms with E-state index in [0.29, 0.717) is 24.1 Å². The Labute approximate surface area is 197 Å². The van der Waals surface area contributed by atoms with Gasteiger partial charge in [-0.3, -0.25) is 14.3 Å². The van der Waals surface area contributed by atoms with Crippen molar-refractivity contribution in [2.24, 2.45) is 0 Å². The molecule has 0 radical (unpaired) electrons.